The second-order valence-corrected chi connectivity index (χ2v) is 9.51. The smallest absolute Gasteiger partial charge is 0.407 e. The minimum Gasteiger partial charge on any atom is -0.445 e. The van der Waals surface area contributed by atoms with Gasteiger partial charge in [0, 0.05) is 23.4 Å². The predicted octanol–water partition coefficient (Wildman–Crippen LogP) is 5.98. The summed E-state index contributed by atoms with van der Waals surface area (Å²) in [5.41, 5.74) is 8.36. The van der Waals surface area contributed by atoms with Crippen molar-refractivity contribution >= 4 is 55.9 Å². The van der Waals surface area contributed by atoms with E-state index in [4.69, 9.17) is 22.1 Å². The number of fused-ring (bicyclic) bond motifs is 1. The molecule has 1 saturated carbocycles. The minimum absolute atomic E-state index is 0.125. The zero-order valence-electron chi connectivity index (χ0n) is 17.9. The number of halogens is 3. The average Bonchev–Trinajstić information content (AvgIpc) is 2.83. The number of alkyl carbamates (subject to hydrolysis) is 1. The summed E-state index contributed by atoms with van der Waals surface area (Å²) >= 11 is 9.52. The number of carbonyl (C=O) groups is 1. The molecule has 33 heavy (non-hydrogen) atoms. The molecule has 1 fully saturated rings. The Labute approximate surface area is 205 Å². The standard InChI is InChI=1S/C24H25BrClFN4O2/c25-18-10-17-21(11-19(18)27)29-12-20(28)22(17)30-16-6-8-24(14-26,9-7-16)31-23(32)33-13-15-4-2-1-3-5-15/h1-5,10-12,16H,6-9,13-14,28H2,(H,29,30)(H,31,32). The van der Waals surface area contributed by atoms with Crippen LogP contribution in [0.5, 0.6) is 0 Å². The van der Waals surface area contributed by atoms with Gasteiger partial charge in [0.2, 0.25) is 0 Å². The highest BCUT2D eigenvalue weighted by Crippen LogP contribution is 2.36. The van der Waals surface area contributed by atoms with Crippen LogP contribution >= 0.6 is 27.5 Å². The van der Waals surface area contributed by atoms with Crippen molar-refractivity contribution in [3.05, 3.63) is 64.5 Å². The Morgan fingerprint density at radius 3 is 2.70 bits per heavy atom. The van der Waals surface area contributed by atoms with Gasteiger partial charge in [-0.2, -0.15) is 0 Å². The van der Waals surface area contributed by atoms with E-state index in [0.717, 1.165) is 29.5 Å². The molecule has 0 bridgehead atoms. The van der Waals surface area contributed by atoms with Gasteiger partial charge in [0.05, 0.1) is 33.1 Å². The van der Waals surface area contributed by atoms with E-state index in [1.54, 1.807) is 6.07 Å². The molecule has 0 aliphatic heterocycles. The molecule has 3 aromatic rings. The maximum Gasteiger partial charge on any atom is 0.407 e. The van der Waals surface area contributed by atoms with Gasteiger partial charge in [0.25, 0.3) is 0 Å². The number of alkyl halides is 1. The second kappa shape index (κ2) is 10.1. The van der Waals surface area contributed by atoms with Crippen LogP contribution in [-0.2, 0) is 11.3 Å². The van der Waals surface area contributed by atoms with Crippen molar-refractivity contribution in [1.82, 2.24) is 10.3 Å². The van der Waals surface area contributed by atoms with E-state index in [1.165, 1.54) is 12.3 Å². The van der Waals surface area contributed by atoms with E-state index in [-0.39, 0.29) is 18.5 Å². The quantitative estimate of drug-likeness (QED) is 0.338. The summed E-state index contributed by atoms with van der Waals surface area (Å²) in [6.45, 7) is 0.208. The Kier molecular flexibility index (Phi) is 7.24. The fraction of sp³-hybridized carbons (Fsp3) is 0.333. The van der Waals surface area contributed by atoms with E-state index >= 15 is 0 Å². The van der Waals surface area contributed by atoms with E-state index in [0.29, 0.717) is 34.4 Å². The van der Waals surface area contributed by atoms with Crippen molar-refractivity contribution in [2.24, 2.45) is 0 Å². The topological polar surface area (TPSA) is 89.3 Å². The summed E-state index contributed by atoms with van der Waals surface area (Å²) in [6.07, 6.45) is 4.00. The number of carbonyl (C=O) groups excluding carboxylic acids is 1. The van der Waals surface area contributed by atoms with Gasteiger partial charge in [0.1, 0.15) is 12.4 Å². The van der Waals surface area contributed by atoms with Gasteiger partial charge in [0.15, 0.2) is 0 Å². The highest BCUT2D eigenvalue weighted by Gasteiger charge is 2.36. The second-order valence-electron chi connectivity index (χ2n) is 8.39. The molecule has 9 heteroatoms. The van der Waals surface area contributed by atoms with Gasteiger partial charge < -0.3 is 21.1 Å². The maximum absolute atomic E-state index is 13.9. The predicted molar refractivity (Wildman–Crippen MR) is 133 cm³/mol. The number of nitrogens with one attached hydrogen (secondary N) is 2. The molecule has 1 aromatic heterocycles. The van der Waals surface area contributed by atoms with Crippen molar-refractivity contribution in [3.63, 3.8) is 0 Å². The van der Waals surface area contributed by atoms with Crippen LogP contribution in [0.2, 0.25) is 0 Å². The fourth-order valence-electron chi connectivity index (χ4n) is 4.15. The first-order chi connectivity index (χ1) is 15.9. The molecule has 4 rings (SSSR count). The van der Waals surface area contributed by atoms with Crippen LogP contribution in [0.1, 0.15) is 31.2 Å². The Bertz CT molecular complexity index is 1140. The number of nitrogens with two attached hydrogens (primary N) is 1. The van der Waals surface area contributed by atoms with Crippen LogP contribution in [0, 0.1) is 5.82 Å². The minimum atomic E-state index is -0.522. The first-order valence-corrected chi connectivity index (χ1v) is 12.1. The molecule has 0 saturated heterocycles. The number of benzene rings is 2. The van der Waals surface area contributed by atoms with Crippen molar-refractivity contribution in [2.45, 2.75) is 43.9 Å². The van der Waals surface area contributed by atoms with Gasteiger partial charge in [-0.05, 0) is 53.2 Å². The van der Waals surface area contributed by atoms with Crippen LogP contribution in [0.4, 0.5) is 20.6 Å². The molecule has 2 aromatic carbocycles. The molecular weight excluding hydrogens is 511 g/mol. The molecule has 1 amide bonds. The van der Waals surface area contributed by atoms with Gasteiger partial charge in [-0.3, -0.25) is 4.98 Å². The van der Waals surface area contributed by atoms with Crippen molar-refractivity contribution in [2.75, 3.05) is 16.9 Å². The third-order valence-electron chi connectivity index (χ3n) is 6.07. The highest BCUT2D eigenvalue weighted by atomic mass is 79.9. The van der Waals surface area contributed by atoms with Crippen LogP contribution in [0.15, 0.2) is 53.1 Å². The molecule has 1 aliphatic rings. The molecule has 0 unspecified atom stereocenters. The first-order valence-electron chi connectivity index (χ1n) is 10.7. The van der Waals surface area contributed by atoms with Crippen molar-refractivity contribution in [3.8, 4) is 0 Å². The number of aromatic nitrogens is 1. The summed E-state index contributed by atoms with van der Waals surface area (Å²) in [6, 6.07) is 12.7. The molecule has 0 spiro atoms. The number of amides is 1. The molecule has 4 N–H and O–H groups in total. The lowest BCUT2D eigenvalue weighted by Crippen LogP contribution is -2.53. The zero-order valence-corrected chi connectivity index (χ0v) is 20.3. The number of pyridine rings is 1. The summed E-state index contributed by atoms with van der Waals surface area (Å²) in [7, 11) is 0. The lowest BCUT2D eigenvalue weighted by atomic mass is 9.80. The number of rotatable bonds is 6. The molecule has 1 heterocycles. The van der Waals surface area contributed by atoms with Crippen molar-refractivity contribution < 1.29 is 13.9 Å². The monoisotopic (exact) mass is 534 g/mol. The Hall–Kier alpha value is -2.58. The number of hydrogen-bond acceptors (Lipinski definition) is 5. The van der Waals surface area contributed by atoms with E-state index in [9.17, 15) is 9.18 Å². The summed E-state index contributed by atoms with van der Waals surface area (Å²) in [5.74, 6) is -0.0762. The summed E-state index contributed by atoms with van der Waals surface area (Å²) < 4.78 is 19.7. The highest BCUT2D eigenvalue weighted by molar-refractivity contribution is 9.10. The average molecular weight is 536 g/mol. The third-order valence-corrected chi connectivity index (χ3v) is 7.19. The van der Waals surface area contributed by atoms with Gasteiger partial charge >= 0.3 is 6.09 Å². The van der Waals surface area contributed by atoms with Crippen molar-refractivity contribution in [1.29, 1.82) is 0 Å². The Morgan fingerprint density at radius 1 is 1.27 bits per heavy atom. The molecular formula is C24H25BrClFN4O2. The molecule has 1 aliphatic carbocycles. The number of ether oxygens (including phenoxy) is 1. The summed E-state index contributed by atoms with van der Waals surface area (Å²) in [4.78, 5) is 16.6. The first kappa shape index (κ1) is 23.6. The lowest BCUT2D eigenvalue weighted by molar-refractivity contribution is 0.121. The van der Waals surface area contributed by atoms with E-state index in [1.807, 2.05) is 30.3 Å². The number of nitrogen functional groups attached to an aromatic ring is 1. The fourth-order valence-corrected chi connectivity index (χ4v) is 4.83. The molecule has 0 atom stereocenters. The van der Waals surface area contributed by atoms with E-state index in [2.05, 4.69) is 31.5 Å². The maximum atomic E-state index is 13.9. The van der Waals surface area contributed by atoms with Crippen LogP contribution in [0.25, 0.3) is 10.9 Å². The summed E-state index contributed by atoms with van der Waals surface area (Å²) in [5, 5.41) is 7.24. The number of anilines is 2. The Morgan fingerprint density at radius 2 is 2.00 bits per heavy atom. The molecule has 0 radical (unpaired) electrons. The van der Waals surface area contributed by atoms with Gasteiger partial charge in [-0.15, -0.1) is 11.6 Å². The largest absolute Gasteiger partial charge is 0.445 e. The van der Waals surface area contributed by atoms with Crippen LogP contribution in [-0.4, -0.2) is 28.5 Å². The zero-order chi connectivity index (χ0) is 23.4. The van der Waals surface area contributed by atoms with Crippen LogP contribution in [0.3, 0.4) is 0 Å². The Balaban J connectivity index is 1.39. The SMILES string of the molecule is Nc1cnc2cc(F)c(Br)cc2c1NC1CCC(CCl)(NC(=O)OCc2ccccc2)CC1. The lowest BCUT2D eigenvalue weighted by Gasteiger charge is -2.39. The van der Waals surface area contributed by atoms with Gasteiger partial charge in [-0.1, -0.05) is 30.3 Å². The number of hydrogen-bond donors (Lipinski definition) is 3. The van der Waals surface area contributed by atoms with Crippen LogP contribution < -0.4 is 16.4 Å². The normalized spacial score (nSPS) is 20.4. The molecule has 174 valence electrons. The van der Waals surface area contributed by atoms with Gasteiger partial charge in [-0.25, -0.2) is 9.18 Å². The number of nitrogens with zero attached hydrogens (tertiary/aromatic N) is 1. The third kappa shape index (κ3) is 5.50. The molecule has 6 nitrogen and oxygen atoms in total. The van der Waals surface area contributed by atoms with E-state index < -0.39 is 11.6 Å².